The van der Waals surface area contributed by atoms with Gasteiger partial charge in [-0.05, 0) is 26.8 Å². The molecule has 0 amide bonds. The van der Waals surface area contributed by atoms with E-state index in [9.17, 15) is 0 Å². The van der Waals surface area contributed by atoms with E-state index in [0.717, 1.165) is 32.7 Å². The highest BCUT2D eigenvalue weighted by Crippen LogP contribution is 1.98. The summed E-state index contributed by atoms with van der Waals surface area (Å²) in [4.78, 5) is 3.92. The molecule has 5 heteroatoms. The number of hydrogen-bond donors (Lipinski definition) is 1. The van der Waals surface area contributed by atoms with E-state index in [-0.39, 0.29) is 0 Å². The van der Waals surface area contributed by atoms with E-state index < -0.39 is 0 Å². The molecule has 0 bridgehead atoms. The Balaban J connectivity index is 2.00. The number of nitrogens with one attached hydrogen (secondary N) is 1. The minimum absolute atomic E-state index is 0.347. The number of hydrogen-bond acceptors (Lipinski definition) is 4. The SMILES string of the molecule is CCOCCCNCC(C)n1cncn1. The lowest BCUT2D eigenvalue weighted by molar-refractivity contribution is 0.144. The Morgan fingerprint density at radius 1 is 1.53 bits per heavy atom. The molecule has 0 spiro atoms. The predicted octanol–water partition coefficient (Wildman–Crippen LogP) is 0.855. The highest BCUT2D eigenvalue weighted by Gasteiger charge is 2.03. The summed E-state index contributed by atoms with van der Waals surface area (Å²) >= 11 is 0. The summed E-state index contributed by atoms with van der Waals surface area (Å²) in [5.74, 6) is 0. The molecule has 1 heterocycles. The van der Waals surface area contributed by atoms with Gasteiger partial charge in [-0.25, -0.2) is 9.67 Å². The van der Waals surface area contributed by atoms with Crippen LogP contribution in [0.2, 0.25) is 0 Å². The fourth-order valence-corrected chi connectivity index (χ4v) is 1.29. The maximum absolute atomic E-state index is 5.25. The van der Waals surface area contributed by atoms with Crippen LogP contribution in [0.4, 0.5) is 0 Å². The first-order chi connectivity index (χ1) is 7.34. The molecule has 1 aromatic heterocycles. The largest absolute Gasteiger partial charge is 0.382 e. The predicted molar refractivity (Wildman–Crippen MR) is 58.7 cm³/mol. The van der Waals surface area contributed by atoms with Crippen LogP contribution >= 0.6 is 0 Å². The molecule has 1 N–H and O–H groups in total. The van der Waals surface area contributed by atoms with E-state index in [2.05, 4.69) is 22.3 Å². The van der Waals surface area contributed by atoms with Gasteiger partial charge < -0.3 is 10.1 Å². The second-order valence-corrected chi connectivity index (χ2v) is 3.48. The maximum atomic E-state index is 5.25. The van der Waals surface area contributed by atoms with Crippen LogP contribution in [0.3, 0.4) is 0 Å². The van der Waals surface area contributed by atoms with E-state index in [1.54, 1.807) is 12.7 Å². The van der Waals surface area contributed by atoms with Crippen molar-refractivity contribution in [3.63, 3.8) is 0 Å². The van der Waals surface area contributed by atoms with Gasteiger partial charge in [-0.2, -0.15) is 5.10 Å². The van der Waals surface area contributed by atoms with Gasteiger partial charge in [0.15, 0.2) is 0 Å². The minimum atomic E-state index is 0.347. The van der Waals surface area contributed by atoms with Crippen molar-refractivity contribution in [3.8, 4) is 0 Å². The van der Waals surface area contributed by atoms with Crippen molar-refractivity contribution in [2.75, 3.05) is 26.3 Å². The first-order valence-corrected chi connectivity index (χ1v) is 5.47. The Morgan fingerprint density at radius 3 is 3.07 bits per heavy atom. The van der Waals surface area contributed by atoms with Crippen molar-refractivity contribution >= 4 is 0 Å². The molecule has 0 aliphatic carbocycles. The van der Waals surface area contributed by atoms with Gasteiger partial charge in [-0.3, -0.25) is 0 Å². The lowest BCUT2D eigenvalue weighted by atomic mass is 10.3. The second kappa shape index (κ2) is 7.36. The highest BCUT2D eigenvalue weighted by atomic mass is 16.5. The van der Waals surface area contributed by atoms with E-state index in [1.807, 2.05) is 11.6 Å². The fraction of sp³-hybridized carbons (Fsp3) is 0.800. The number of aromatic nitrogens is 3. The molecule has 0 aliphatic heterocycles. The van der Waals surface area contributed by atoms with E-state index in [4.69, 9.17) is 4.74 Å². The zero-order valence-corrected chi connectivity index (χ0v) is 9.52. The summed E-state index contributed by atoms with van der Waals surface area (Å²) in [6.07, 6.45) is 4.36. The third kappa shape index (κ3) is 4.90. The van der Waals surface area contributed by atoms with Gasteiger partial charge in [0.1, 0.15) is 12.7 Å². The molecule has 1 atom stereocenters. The smallest absolute Gasteiger partial charge is 0.137 e. The van der Waals surface area contributed by atoms with Crippen molar-refractivity contribution in [2.24, 2.45) is 0 Å². The molecule has 0 aromatic carbocycles. The summed E-state index contributed by atoms with van der Waals surface area (Å²) in [7, 11) is 0. The van der Waals surface area contributed by atoms with Crippen LogP contribution in [0, 0.1) is 0 Å². The van der Waals surface area contributed by atoms with E-state index in [1.165, 1.54) is 0 Å². The van der Waals surface area contributed by atoms with Crippen molar-refractivity contribution in [3.05, 3.63) is 12.7 Å². The Morgan fingerprint density at radius 2 is 2.40 bits per heavy atom. The normalized spacial score (nSPS) is 12.9. The second-order valence-electron chi connectivity index (χ2n) is 3.48. The topological polar surface area (TPSA) is 52.0 Å². The number of nitrogens with zero attached hydrogens (tertiary/aromatic N) is 3. The Labute approximate surface area is 90.8 Å². The maximum Gasteiger partial charge on any atom is 0.137 e. The quantitative estimate of drug-likeness (QED) is 0.649. The van der Waals surface area contributed by atoms with Gasteiger partial charge in [0.05, 0.1) is 6.04 Å². The van der Waals surface area contributed by atoms with Crippen LogP contribution in [0.15, 0.2) is 12.7 Å². The zero-order chi connectivity index (χ0) is 10.9. The molecule has 0 saturated heterocycles. The third-order valence-electron chi connectivity index (χ3n) is 2.17. The summed E-state index contributed by atoms with van der Waals surface area (Å²) < 4.78 is 7.10. The molecule has 1 rings (SSSR count). The summed E-state index contributed by atoms with van der Waals surface area (Å²) in [5.41, 5.74) is 0. The van der Waals surface area contributed by atoms with E-state index >= 15 is 0 Å². The molecular weight excluding hydrogens is 192 g/mol. The lowest BCUT2D eigenvalue weighted by Crippen LogP contribution is -2.25. The Kier molecular flexibility index (Phi) is 5.96. The molecule has 5 nitrogen and oxygen atoms in total. The molecule has 1 unspecified atom stereocenters. The Hall–Kier alpha value is -0.940. The first kappa shape index (κ1) is 12.1. The van der Waals surface area contributed by atoms with Crippen molar-refractivity contribution in [2.45, 2.75) is 26.3 Å². The standard InChI is InChI=1S/C10H20N4O/c1-3-15-6-4-5-11-7-10(2)14-9-12-8-13-14/h8-11H,3-7H2,1-2H3. The van der Waals surface area contributed by atoms with Gasteiger partial charge in [0.25, 0.3) is 0 Å². The van der Waals surface area contributed by atoms with Gasteiger partial charge in [-0.1, -0.05) is 0 Å². The van der Waals surface area contributed by atoms with Crippen LogP contribution in [0.5, 0.6) is 0 Å². The van der Waals surface area contributed by atoms with Crippen LogP contribution < -0.4 is 5.32 Å². The molecule has 0 radical (unpaired) electrons. The third-order valence-corrected chi connectivity index (χ3v) is 2.17. The van der Waals surface area contributed by atoms with E-state index in [0.29, 0.717) is 6.04 Å². The first-order valence-electron chi connectivity index (χ1n) is 5.47. The van der Waals surface area contributed by atoms with Gasteiger partial charge in [-0.15, -0.1) is 0 Å². The molecule has 1 aromatic rings. The van der Waals surface area contributed by atoms with Crippen LogP contribution in [0.1, 0.15) is 26.3 Å². The molecule has 15 heavy (non-hydrogen) atoms. The zero-order valence-electron chi connectivity index (χ0n) is 9.52. The van der Waals surface area contributed by atoms with Crippen molar-refractivity contribution in [1.29, 1.82) is 0 Å². The molecule has 86 valence electrons. The lowest BCUT2D eigenvalue weighted by Gasteiger charge is -2.12. The summed E-state index contributed by atoms with van der Waals surface area (Å²) in [5, 5.41) is 7.45. The van der Waals surface area contributed by atoms with Crippen LogP contribution in [-0.4, -0.2) is 41.1 Å². The molecular formula is C10H20N4O. The average Bonchev–Trinajstić information content (AvgIpc) is 2.76. The van der Waals surface area contributed by atoms with Gasteiger partial charge >= 0.3 is 0 Å². The molecule has 0 fully saturated rings. The Bertz CT molecular complexity index is 238. The minimum Gasteiger partial charge on any atom is -0.382 e. The highest BCUT2D eigenvalue weighted by molar-refractivity contribution is 4.66. The van der Waals surface area contributed by atoms with Crippen LogP contribution in [0.25, 0.3) is 0 Å². The fourth-order valence-electron chi connectivity index (χ4n) is 1.29. The van der Waals surface area contributed by atoms with Gasteiger partial charge in [0.2, 0.25) is 0 Å². The summed E-state index contributed by atoms with van der Waals surface area (Å²) in [6, 6.07) is 0.347. The number of ether oxygens (including phenoxy) is 1. The summed E-state index contributed by atoms with van der Waals surface area (Å²) in [6.45, 7) is 7.66. The average molecular weight is 212 g/mol. The molecule has 0 saturated carbocycles. The monoisotopic (exact) mass is 212 g/mol. The van der Waals surface area contributed by atoms with Crippen LogP contribution in [-0.2, 0) is 4.74 Å². The van der Waals surface area contributed by atoms with Crippen molar-refractivity contribution in [1.82, 2.24) is 20.1 Å². The molecule has 0 aliphatic rings. The van der Waals surface area contributed by atoms with Gasteiger partial charge in [0, 0.05) is 19.8 Å². The number of rotatable bonds is 8. The van der Waals surface area contributed by atoms with Crippen molar-refractivity contribution < 1.29 is 4.74 Å².